The van der Waals surface area contributed by atoms with Gasteiger partial charge in [-0.2, -0.15) is 0 Å². The number of carboxylic acid groups (broad SMARTS) is 1. The minimum Gasteiger partial charge on any atom is -0.486 e. The first-order valence-corrected chi connectivity index (χ1v) is 8.34. The Balaban J connectivity index is 2.03. The van der Waals surface area contributed by atoms with Gasteiger partial charge in [0.05, 0.1) is 9.89 Å². The third-order valence-corrected chi connectivity index (χ3v) is 4.85. The molecule has 122 valence electrons. The second kappa shape index (κ2) is 7.33. The Bertz CT molecular complexity index is 543. The summed E-state index contributed by atoms with van der Waals surface area (Å²) < 4.78 is 12.0. The topological polar surface area (TPSA) is 67.8 Å². The maximum Gasteiger partial charge on any atom is 0.310 e. The average molecular weight is 372 g/mol. The fourth-order valence-corrected chi connectivity index (χ4v) is 3.19. The molecule has 2 rings (SSSR count). The molecule has 1 aromatic rings. The predicted molar refractivity (Wildman–Crippen MR) is 87.5 cm³/mol. The standard InChI is InChI=1S/C16H22BrNO4/c1-3-16(4-2,15(19)20)10-18-9-11-7-12(17)14-13(8-11)21-5-6-22-14/h7-8,18H,3-6,9-10H2,1-2H3,(H,19,20). The monoisotopic (exact) mass is 371 g/mol. The second-order valence-electron chi connectivity index (χ2n) is 5.50. The molecule has 0 amide bonds. The summed E-state index contributed by atoms with van der Waals surface area (Å²) in [6, 6.07) is 3.91. The van der Waals surface area contributed by atoms with Crippen LogP contribution in [0.25, 0.3) is 0 Å². The van der Waals surface area contributed by atoms with E-state index < -0.39 is 11.4 Å². The molecule has 0 fully saturated rings. The number of benzene rings is 1. The van der Waals surface area contributed by atoms with Gasteiger partial charge in [0.15, 0.2) is 11.5 Å². The maximum absolute atomic E-state index is 11.5. The van der Waals surface area contributed by atoms with Crippen LogP contribution < -0.4 is 14.8 Å². The van der Waals surface area contributed by atoms with E-state index in [0.717, 1.165) is 21.5 Å². The third kappa shape index (κ3) is 3.55. The van der Waals surface area contributed by atoms with Gasteiger partial charge >= 0.3 is 5.97 Å². The van der Waals surface area contributed by atoms with Crippen molar-refractivity contribution in [1.29, 1.82) is 0 Å². The molecule has 2 N–H and O–H groups in total. The van der Waals surface area contributed by atoms with Gasteiger partial charge in [-0.05, 0) is 46.5 Å². The van der Waals surface area contributed by atoms with Crippen LogP contribution in [0.2, 0.25) is 0 Å². The smallest absolute Gasteiger partial charge is 0.310 e. The summed E-state index contributed by atoms with van der Waals surface area (Å²) in [5.74, 6) is 0.721. The first kappa shape index (κ1) is 17.1. The summed E-state index contributed by atoms with van der Waals surface area (Å²) in [6.07, 6.45) is 1.22. The molecule has 22 heavy (non-hydrogen) atoms. The zero-order valence-corrected chi connectivity index (χ0v) is 14.5. The molecular weight excluding hydrogens is 350 g/mol. The summed E-state index contributed by atoms with van der Waals surface area (Å²) >= 11 is 3.49. The molecule has 5 nitrogen and oxygen atoms in total. The van der Waals surface area contributed by atoms with Crippen LogP contribution in [0.1, 0.15) is 32.3 Å². The van der Waals surface area contributed by atoms with Crippen molar-refractivity contribution in [2.75, 3.05) is 19.8 Å². The first-order valence-electron chi connectivity index (χ1n) is 7.54. The van der Waals surface area contributed by atoms with Crippen LogP contribution in [-0.4, -0.2) is 30.8 Å². The number of rotatable bonds is 7. The van der Waals surface area contributed by atoms with Crippen molar-refractivity contribution in [2.24, 2.45) is 5.41 Å². The second-order valence-corrected chi connectivity index (χ2v) is 6.35. The quantitative estimate of drug-likeness (QED) is 0.770. The molecule has 1 aliphatic heterocycles. The lowest BCUT2D eigenvalue weighted by Crippen LogP contribution is -2.40. The highest BCUT2D eigenvalue weighted by molar-refractivity contribution is 9.10. The zero-order valence-electron chi connectivity index (χ0n) is 12.9. The van der Waals surface area contributed by atoms with Gasteiger partial charge in [0.2, 0.25) is 0 Å². The Morgan fingerprint density at radius 2 is 2.00 bits per heavy atom. The molecule has 1 aliphatic rings. The normalized spacial score (nSPS) is 14.0. The fraction of sp³-hybridized carbons (Fsp3) is 0.562. The SMILES string of the molecule is CCC(CC)(CNCc1cc(Br)c2c(c1)OCCO2)C(=O)O. The van der Waals surface area contributed by atoms with E-state index in [0.29, 0.717) is 39.1 Å². The highest BCUT2D eigenvalue weighted by atomic mass is 79.9. The Morgan fingerprint density at radius 1 is 1.32 bits per heavy atom. The van der Waals surface area contributed by atoms with Gasteiger partial charge in [0, 0.05) is 13.1 Å². The lowest BCUT2D eigenvalue weighted by molar-refractivity contribution is -0.149. The number of hydrogen-bond donors (Lipinski definition) is 2. The minimum absolute atomic E-state index is 0.446. The Kier molecular flexibility index (Phi) is 5.69. The van der Waals surface area contributed by atoms with E-state index in [9.17, 15) is 9.90 Å². The summed E-state index contributed by atoms with van der Waals surface area (Å²) in [5, 5.41) is 12.7. The van der Waals surface area contributed by atoms with E-state index in [2.05, 4.69) is 21.2 Å². The molecule has 0 radical (unpaired) electrons. The molecule has 0 bridgehead atoms. The molecule has 6 heteroatoms. The molecule has 0 aromatic heterocycles. The lowest BCUT2D eigenvalue weighted by Gasteiger charge is -2.27. The van der Waals surface area contributed by atoms with Crippen molar-refractivity contribution in [3.8, 4) is 11.5 Å². The van der Waals surface area contributed by atoms with Crippen molar-refractivity contribution in [3.05, 3.63) is 22.2 Å². The Hall–Kier alpha value is -1.27. The number of ether oxygens (including phenoxy) is 2. The molecule has 0 aliphatic carbocycles. The molecule has 0 saturated carbocycles. The predicted octanol–water partition coefficient (Wildman–Crippen LogP) is 3.20. The number of fused-ring (bicyclic) bond motifs is 1. The molecule has 0 spiro atoms. The number of halogens is 1. The Morgan fingerprint density at radius 3 is 2.64 bits per heavy atom. The summed E-state index contributed by atoms with van der Waals surface area (Å²) in [5.41, 5.74) is 0.327. The van der Waals surface area contributed by atoms with E-state index >= 15 is 0 Å². The van der Waals surface area contributed by atoms with Gasteiger partial charge in [-0.25, -0.2) is 0 Å². The number of aliphatic carboxylic acids is 1. The van der Waals surface area contributed by atoms with Gasteiger partial charge in [-0.3, -0.25) is 4.79 Å². The van der Waals surface area contributed by atoms with Crippen molar-refractivity contribution in [2.45, 2.75) is 33.2 Å². The van der Waals surface area contributed by atoms with E-state index in [1.54, 1.807) is 0 Å². The van der Waals surface area contributed by atoms with Crippen LogP contribution in [0.3, 0.4) is 0 Å². The summed E-state index contributed by atoms with van der Waals surface area (Å²) in [7, 11) is 0. The van der Waals surface area contributed by atoms with E-state index in [4.69, 9.17) is 9.47 Å². The molecule has 1 heterocycles. The van der Waals surface area contributed by atoms with Gasteiger partial charge in [-0.15, -0.1) is 0 Å². The van der Waals surface area contributed by atoms with Crippen LogP contribution in [0.5, 0.6) is 11.5 Å². The van der Waals surface area contributed by atoms with Crippen LogP contribution >= 0.6 is 15.9 Å². The van der Waals surface area contributed by atoms with Crippen LogP contribution in [0.15, 0.2) is 16.6 Å². The number of carbonyl (C=O) groups is 1. The fourth-order valence-electron chi connectivity index (χ4n) is 2.59. The van der Waals surface area contributed by atoms with Crippen molar-refractivity contribution < 1.29 is 19.4 Å². The summed E-state index contributed by atoms with van der Waals surface area (Å²) in [6.45, 7) is 5.97. The van der Waals surface area contributed by atoms with Crippen molar-refractivity contribution >= 4 is 21.9 Å². The highest BCUT2D eigenvalue weighted by Gasteiger charge is 2.34. The van der Waals surface area contributed by atoms with Gasteiger partial charge in [0.1, 0.15) is 13.2 Å². The van der Waals surface area contributed by atoms with Gasteiger partial charge in [-0.1, -0.05) is 13.8 Å². The van der Waals surface area contributed by atoms with Crippen LogP contribution in [0, 0.1) is 5.41 Å². The van der Waals surface area contributed by atoms with E-state index in [-0.39, 0.29) is 0 Å². The molecular formula is C16H22BrNO4. The van der Waals surface area contributed by atoms with Gasteiger partial charge in [0.25, 0.3) is 0 Å². The molecule has 0 atom stereocenters. The van der Waals surface area contributed by atoms with Crippen molar-refractivity contribution in [3.63, 3.8) is 0 Å². The van der Waals surface area contributed by atoms with Gasteiger partial charge < -0.3 is 19.9 Å². The average Bonchev–Trinajstić information content (AvgIpc) is 2.51. The van der Waals surface area contributed by atoms with E-state index in [1.807, 2.05) is 26.0 Å². The maximum atomic E-state index is 11.5. The third-order valence-electron chi connectivity index (χ3n) is 4.26. The van der Waals surface area contributed by atoms with E-state index in [1.165, 1.54) is 0 Å². The molecule has 1 aromatic carbocycles. The number of carboxylic acids is 1. The highest BCUT2D eigenvalue weighted by Crippen LogP contribution is 2.38. The summed E-state index contributed by atoms with van der Waals surface area (Å²) in [4.78, 5) is 11.5. The Labute approximate surface area is 139 Å². The van der Waals surface area contributed by atoms with Crippen LogP contribution in [-0.2, 0) is 11.3 Å². The largest absolute Gasteiger partial charge is 0.486 e. The lowest BCUT2D eigenvalue weighted by atomic mass is 9.82. The van der Waals surface area contributed by atoms with Crippen molar-refractivity contribution in [1.82, 2.24) is 5.32 Å². The number of nitrogens with one attached hydrogen (secondary N) is 1. The minimum atomic E-state index is -0.742. The number of hydrogen-bond acceptors (Lipinski definition) is 4. The molecule has 0 unspecified atom stereocenters. The zero-order chi connectivity index (χ0) is 16.2. The molecule has 0 saturated heterocycles. The van der Waals surface area contributed by atoms with Crippen LogP contribution in [0.4, 0.5) is 0 Å². The first-order chi connectivity index (χ1) is 10.5.